The van der Waals surface area contributed by atoms with Gasteiger partial charge in [-0.3, -0.25) is 4.79 Å². The molecule has 0 fully saturated rings. The molecule has 2 heterocycles. The molecule has 2 aliphatic heterocycles. The highest BCUT2D eigenvalue weighted by Crippen LogP contribution is 2.44. The van der Waals surface area contributed by atoms with E-state index in [0.717, 1.165) is 17.1 Å². The molecule has 5 heteroatoms. The lowest BCUT2D eigenvalue weighted by atomic mass is 9.97. The van der Waals surface area contributed by atoms with E-state index < -0.39 is 0 Å². The van der Waals surface area contributed by atoms with Crippen LogP contribution >= 0.6 is 0 Å². The fraction of sp³-hybridized carbons (Fsp3) is 0.500. The first-order valence-electron chi connectivity index (χ1n) is 6.47. The van der Waals surface area contributed by atoms with Crippen molar-refractivity contribution in [2.75, 3.05) is 30.0 Å². The highest BCUT2D eigenvalue weighted by Gasteiger charge is 2.36. The van der Waals surface area contributed by atoms with Crippen molar-refractivity contribution in [1.82, 2.24) is 0 Å². The molecule has 1 aromatic carbocycles. The minimum absolute atomic E-state index is 0.0319. The standard InChI is InChI=1S/C14H18N2O3/c1-9(17)16-11-7-13-12(18-4-5-19-13)6-10(11)15-8-14(16,2)3/h6-7,15H,4-5,8H2,1-3H3. The lowest BCUT2D eigenvalue weighted by Gasteiger charge is -2.43. The number of carbonyl (C=O) groups excluding carboxylic acids is 1. The van der Waals surface area contributed by atoms with E-state index in [0.29, 0.717) is 25.5 Å². The fourth-order valence-electron chi connectivity index (χ4n) is 2.72. The first-order chi connectivity index (χ1) is 8.99. The molecule has 0 aliphatic carbocycles. The lowest BCUT2D eigenvalue weighted by Crippen LogP contribution is -2.54. The molecule has 1 N–H and O–H groups in total. The topological polar surface area (TPSA) is 50.8 Å². The van der Waals surface area contributed by atoms with Crippen LogP contribution in [0.5, 0.6) is 11.5 Å². The number of benzene rings is 1. The van der Waals surface area contributed by atoms with Gasteiger partial charge >= 0.3 is 0 Å². The summed E-state index contributed by atoms with van der Waals surface area (Å²) in [6.45, 7) is 7.49. The van der Waals surface area contributed by atoms with E-state index in [-0.39, 0.29) is 11.4 Å². The third-order valence-corrected chi connectivity index (χ3v) is 3.53. The van der Waals surface area contributed by atoms with Crippen LogP contribution in [0.15, 0.2) is 12.1 Å². The number of nitrogens with zero attached hydrogens (tertiary/aromatic N) is 1. The minimum Gasteiger partial charge on any atom is -0.486 e. The zero-order chi connectivity index (χ0) is 13.6. The molecule has 5 nitrogen and oxygen atoms in total. The van der Waals surface area contributed by atoms with Crippen LogP contribution in [0, 0.1) is 0 Å². The number of amides is 1. The predicted molar refractivity (Wildman–Crippen MR) is 73.2 cm³/mol. The van der Waals surface area contributed by atoms with Crippen molar-refractivity contribution >= 4 is 17.3 Å². The van der Waals surface area contributed by atoms with Crippen molar-refractivity contribution in [3.05, 3.63) is 12.1 Å². The molecule has 0 spiro atoms. The van der Waals surface area contributed by atoms with Gasteiger partial charge in [0, 0.05) is 25.6 Å². The third kappa shape index (κ3) is 1.89. The third-order valence-electron chi connectivity index (χ3n) is 3.53. The van der Waals surface area contributed by atoms with E-state index in [1.807, 2.05) is 30.9 Å². The van der Waals surface area contributed by atoms with Gasteiger partial charge in [0.2, 0.25) is 5.91 Å². The number of carbonyl (C=O) groups is 1. The summed E-state index contributed by atoms with van der Waals surface area (Å²) in [7, 11) is 0. The Balaban J connectivity index is 2.12. The van der Waals surface area contributed by atoms with Gasteiger partial charge in [0.05, 0.1) is 16.9 Å². The number of hydrogen-bond donors (Lipinski definition) is 1. The molecule has 0 atom stereocenters. The van der Waals surface area contributed by atoms with Crippen LogP contribution in [0.1, 0.15) is 20.8 Å². The van der Waals surface area contributed by atoms with Gasteiger partial charge in [-0.25, -0.2) is 0 Å². The Morgan fingerprint density at radius 3 is 2.53 bits per heavy atom. The quantitative estimate of drug-likeness (QED) is 0.777. The van der Waals surface area contributed by atoms with E-state index in [9.17, 15) is 4.79 Å². The number of rotatable bonds is 0. The molecule has 0 bridgehead atoms. The van der Waals surface area contributed by atoms with E-state index >= 15 is 0 Å². The first kappa shape index (κ1) is 12.1. The number of ether oxygens (including phenoxy) is 2. The maximum absolute atomic E-state index is 12.0. The molecule has 0 saturated carbocycles. The summed E-state index contributed by atoms with van der Waals surface area (Å²) in [4.78, 5) is 13.8. The average Bonchev–Trinajstić information content (AvgIpc) is 2.35. The summed E-state index contributed by atoms with van der Waals surface area (Å²) in [6, 6.07) is 3.80. The first-order valence-corrected chi connectivity index (χ1v) is 6.47. The van der Waals surface area contributed by atoms with Crippen molar-refractivity contribution in [1.29, 1.82) is 0 Å². The molecule has 3 rings (SSSR count). The molecular weight excluding hydrogens is 244 g/mol. The molecule has 0 aromatic heterocycles. The van der Waals surface area contributed by atoms with Gasteiger partial charge in [-0.15, -0.1) is 0 Å². The highest BCUT2D eigenvalue weighted by molar-refractivity contribution is 5.98. The second-order valence-corrected chi connectivity index (χ2v) is 5.53. The van der Waals surface area contributed by atoms with Crippen LogP contribution in [0.4, 0.5) is 11.4 Å². The summed E-state index contributed by atoms with van der Waals surface area (Å²) in [6.07, 6.45) is 0. The summed E-state index contributed by atoms with van der Waals surface area (Å²) in [5.74, 6) is 1.47. The second-order valence-electron chi connectivity index (χ2n) is 5.53. The van der Waals surface area contributed by atoms with E-state index in [4.69, 9.17) is 9.47 Å². The fourth-order valence-corrected chi connectivity index (χ4v) is 2.72. The van der Waals surface area contributed by atoms with Gasteiger partial charge in [0.1, 0.15) is 13.2 Å². The van der Waals surface area contributed by atoms with Crippen LogP contribution in [0.3, 0.4) is 0 Å². The Bertz CT molecular complexity index is 540. The van der Waals surface area contributed by atoms with Crippen molar-refractivity contribution in [2.45, 2.75) is 26.3 Å². The summed E-state index contributed by atoms with van der Waals surface area (Å²) in [5, 5.41) is 3.36. The van der Waals surface area contributed by atoms with Crippen LogP contribution < -0.4 is 19.7 Å². The normalized spacial score (nSPS) is 19.4. The van der Waals surface area contributed by atoms with Crippen molar-refractivity contribution in [3.63, 3.8) is 0 Å². The maximum atomic E-state index is 12.0. The second kappa shape index (κ2) is 4.05. The summed E-state index contributed by atoms with van der Waals surface area (Å²) in [5.41, 5.74) is 1.51. The molecule has 0 unspecified atom stereocenters. The average molecular weight is 262 g/mol. The number of hydrogen-bond acceptors (Lipinski definition) is 4. The van der Waals surface area contributed by atoms with Gasteiger partial charge in [0.15, 0.2) is 11.5 Å². The monoisotopic (exact) mass is 262 g/mol. The summed E-state index contributed by atoms with van der Waals surface area (Å²) >= 11 is 0. The zero-order valence-corrected chi connectivity index (χ0v) is 11.4. The van der Waals surface area contributed by atoms with Crippen molar-refractivity contribution in [2.24, 2.45) is 0 Å². The van der Waals surface area contributed by atoms with E-state index in [1.54, 1.807) is 6.92 Å². The Morgan fingerprint density at radius 1 is 1.26 bits per heavy atom. The molecule has 1 aromatic rings. The van der Waals surface area contributed by atoms with Crippen LogP contribution in [0.25, 0.3) is 0 Å². The predicted octanol–water partition coefficient (Wildman–Crippen LogP) is 2.01. The van der Waals surface area contributed by atoms with Gasteiger partial charge in [-0.1, -0.05) is 0 Å². The zero-order valence-electron chi connectivity index (χ0n) is 11.4. The molecule has 2 aliphatic rings. The Hall–Kier alpha value is -1.91. The van der Waals surface area contributed by atoms with Gasteiger partial charge in [-0.2, -0.15) is 0 Å². The summed E-state index contributed by atoms with van der Waals surface area (Å²) < 4.78 is 11.2. The van der Waals surface area contributed by atoms with E-state index in [1.165, 1.54) is 0 Å². The Morgan fingerprint density at radius 2 is 1.89 bits per heavy atom. The van der Waals surface area contributed by atoms with Crippen molar-refractivity contribution < 1.29 is 14.3 Å². The van der Waals surface area contributed by atoms with Crippen molar-refractivity contribution in [3.8, 4) is 11.5 Å². The molecule has 0 saturated heterocycles. The molecule has 1 amide bonds. The van der Waals surface area contributed by atoms with Gasteiger partial charge in [-0.05, 0) is 13.8 Å². The smallest absolute Gasteiger partial charge is 0.224 e. The largest absolute Gasteiger partial charge is 0.486 e. The molecule has 0 radical (unpaired) electrons. The van der Waals surface area contributed by atoms with Crippen LogP contribution in [-0.2, 0) is 4.79 Å². The van der Waals surface area contributed by atoms with Gasteiger partial charge in [0.25, 0.3) is 0 Å². The Kier molecular flexibility index (Phi) is 2.59. The molecule has 19 heavy (non-hydrogen) atoms. The van der Waals surface area contributed by atoms with E-state index in [2.05, 4.69) is 5.32 Å². The number of nitrogens with one attached hydrogen (secondary N) is 1. The van der Waals surface area contributed by atoms with Gasteiger partial charge < -0.3 is 19.7 Å². The lowest BCUT2D eigenvalue weighted by molar-refractivity contribution is -0.117. The minimum atomic E-state index is -0.261. The van der Waals surface area contributed by atoms with Crippen LogP contribution in [0.2, 0.25) is 0 Å². The number of anilines is 2. The SMILES string of the molecule is CC(=O)N1c2cc3c(cc2NCC1(C)C)OCCO3. The molecule has 102 valence electrons. The van der Waals surface area contributed by atoms with Crippen LogP contribution in [-0.4, -0.2) is 31.2 Å². The molecular formula is C14H18N2O3. The number of fused-ring (bicyclic) bond motifs is 2. The Labute approximate surface area is 112 Å². The maximum Gasteiger partial charge on any atom is 0.224 e. The highest BCUT2D eigenvalue weighted by atomic mass is 16.6.